The van der Waals surface area contributed by atoms with Gasteiger partial charge in [-0.05, 0) is 43.2 Å². The fraction of sp³-hybridized carbons (Fsp3) is 0.350. The molecule has 0 bridgehead atoms. The molecule has 3 rings (SSSR count). The minimum Gasteiger partial charge on any atom is -0.497 e. The van der Waals surface area contributed by atoms with Gasteiger partial charge >= 0.3 is 0 Å². The van der Waals surface area contributed by atoms with Gasteiger partial charge in [-0.1, -0.05) is 23.2 Å². The fourth-order valence-electron chi connectivity index (χ4n) is 3.37. The maximum atomic E-state index is 13.3. The molecule has 1 atom stereocenters. The first-order valence-corrected chi connectivity index (χ1v) is 11.4. The fourth-order valence-corrected chi connectivity index (χ4v) is 5.59. The van der Waals surface area contributed by atoms with Crippen LogP contribution < -0.4 is 14.8 Å². The highest BCUT2D eigenvalue weighted by molar-refractivity contribution is 7.89. The Morgan fingerprint density at radius 1 is 1.10 bits per heavy atom. The van der Waals surface area contributed by atoms with Gasteiger partial charge in [0.15, 0.2) is 0 Å². The van der Waals surface area contributed by atoms with Crippen molar-refractivity contribution in [3.05, 3.63) is 46.4 Å². The van der Waals surface area contributed by atoms with Crippen molar-refractivity contribution in [1.29, 1.82) is 0 Å². The lowest BCUT2D eigenvalue weighted by molar-refractivity contribution is -0.120. The lowest BCUT2D eigenvalue weighted by atomic mass is 9.99. The third kappa shape index (κ3) is 5.00. The highest BCUT2D eigenvalue weighted by Gasteiger charge is 2.35. The molecule has 2 aromatic rings. The van der Waals surface area contributed by atoms with Gasteiger partial charge in [0.1, 0.15) is 16.4 Å². The lowest BCUT2D eigenvalue weighted by Gasteiger charge is -2.31. The van der Waals surface area contributed by atoms with E-state index in [1.807, 2.05) is 0 Å². The van der Waals surface area contributed by atoms with Crippen molar-refractivity contribution in [3.63, 3.8) is 0 Å². The SMILES string of the molecule is COc1ccc(OC)c(S(=O)(=O)N2CCC[C@@H](C(=O)Nc3cc(Cl)cc(Cl)c3)C2)c1. The zero-order valence-corrected chi connectivity index (χ0v) is 18.9. The first-order chi connectivity index (χ1) is 14.2. The number of anilines is 1. The summed E-state index contributed by atoms with van der Waals surface area (Å²) in [5.41, 5.74) is 0.465. The molecule has 10 heteroatoms. The molecule has 2 aromatic carbocycles. The van der Waals surface area contributed by atoms with E-state index >= 15 is 0 Å². The minimum absolute atomic E-state index is 0.00651. The van der Waals surface area contributed by atoms with Gasteiger partial charge in [0.05, 0.1) is 20.1 Å². The molecule has 0 saturated carbocycles. The van der Waals surface area contributed by atoms with E-state index in [0.29, 0.717) is 40.9 Å². The van der Waals surface area contributed by atoms with Gasteiger partial charge in [0.2, 0.25) is 15.9 Å². The first kappa shape index (κ1) is 22.7. The predicted octanol–water partition coefficient (Wildman–Crippen LogP) is 4.05. The highest BCUT2D eigenvalue weighted by atomic mass is 35.5. The second-order valence-corrected chi connectivity index (χ2v) is 9.65. The summed E-state index contributed by atoms with van der Waals surface area (Å²) in [5, 5.41) is 3.57. The number of ether oxygens (including phenoxy) is 2. The third-order valence-electron chi connectivity index (χ3n) is 4.87. The van der Waals surface area contributed by atoms with E-state index < -0.39 is 15.9 Å². The van der Waals surface area contributed by atoms with Crippen LogP contribution in [-0.2, 0) is 14.8 Å². The van der Waals surface area contributed by atoms with Crippen molar-refractivity contribution in [2.45, 2.75) is 17.7 Å². The Bertz CT molecular complexity index is 1030. The summed E-state index contributed by atoms with van der Waals surface area (Å²) in [5.74, 6) is -0.178. The number of benzene rings is 2. The maximum Gasteiger partial charge on any atom is 0.246 e. The van der Waals surface area contributed by atoms with Crippen molar-refractivity contribution in [2.24, 2.45) is 5.92 Å². The summed E-state index contributed by atoms with van der Waals surface area (Å²) in [4.78, 5) is 12.8. The summed E-state index contributed by atoms with van der Waals surface area (Å²) >= 11 is 12.0. The van der Waals surface area contributed by atoms with E-state index in [2.05, 4.69) is 5.32 Å². The average Bonchev–Trinajstić information content (AvgIpc) is 2.72. The molecule has 7 nitrogen and oxygen atoms in total. The molecule has 1 fully saturated rings. The number of methoxy groups -OCH3 is 2. The van der Waals surface area contributed by atoms with Gasteiger partial charge in [0.25, 0.3) is 0 Å². The Hall–Kier alpha value is -2.00. The van der Waals surface area contributed by atoms with Crippen LogP contribution in [0.15, 0.2) is 41.3 Å². The molecule has 0 radical (unpaired) electrons. The van der Waals surface area contributed by atoms with Crippen molar-refractivity contribution < 1.29 is 22.7 Å². The number of piperidine rings is 1. The number of nitrogens with one attached hydrogen (secondary N) is 1. The van der Waals surface area contributed by atoms with Crippen molar-refractivity contribution in [2.75, 3.05) is 32.6 Å². The normalized spacial score (nSPS) is 17.4. The van der Waals surface area contributed by atoms with Crippen LogP contribution in [-0.4, -0.2) is 45.9 Å². The molecule has 30 heavy (non-hydrogen) atoms. The van der Waals surface area contributed by atoms with Gasteiger partial charge in [0, 0.05) is 34.9 Å². The van der Waals surface area contributed by atoms with Crippen LogP contribution >= 0.6 is 23.2 Å². The second-order valence-electron chi connectivity index (χ2n) is 6.87. The van der Waals surface area contributed by atoms with E-state index in [0.717, 1.165) is 0 Å². The van der Waals surface area contributed by atoms with E-state index in [1.54, 1.807) is 30.3 Å². The Kier molecular flexibility index (Phi) is 7.13. The number of halogens is 2. The smallest absolute Gasteiger partial charge is 0.246 e. The van der Waals surface area contributed by atoms with Crippen LogP contribution in [0.1, 0.15) is 12.8 Å². The molecular weight excluding hydrogens is 451 g/mol. The molecule has 162 valence electrons. The highest BCUT2D eigenvalue weighted by Crippen LogP contribution is 2.33. The van der Waals surface area contributed by atoms with E-state index in [9.17, 15) is 13.2 Å². The molecule has 0 unspecified atom stereocenters. The molecular formula is C20H22Cl2N2O5S. The van der Waals surface area contributed by atoms with Crippen LogP contribution in [0.2, 0.25) is 10.0 Å². The Morgan fingerprint density at radius 3 is 2.43 bits per heavy atom. The van der Waals surface area contributed by atoms with E-state index in [-0.39, 0.29) is 23.1 Å². The Labute approximate surface area is 185 Å². The number of carbonyl (C=O) groups excluding carboxylic acids is 1. The van der Waals surface area contributed by atoms with Crippen LogP contribution in [0.3, 0.4) is 0 Å². The van der Waals surface area contributed by atoms with Gasteiger partial charge < -0.3 is 14.8 Å². The summed E-state index contributed by atoms with van der Waals surface area (Å²) < 4.78 is 38.2. The average molecular weight is 473 g/mol. The van der Waals surface area contributed by atoms with Crippen LogP contribution in [0.25, 0.3) is 0 Å². The number of hydrogen-bond acceptors (Lipinski definition) is 5. The van der Waals surface area contributed by atoms with E-state index in [4.69, 9.17) is 32.7 Å². The standard InChI is InChI=1S/C20H22Cl2N2O5S/c1-28-17-5-6-18(29-2)19(11-17)30(26,27)24-7-3-4-13(12-24)20(25)23-16-9-14(21)8-15(22)10-16/h5-6,8-11,13H,3-4,7,12H2,1-2H3,(H,23,25)/t13-/m1/s1. The number of rotatable bonds is 6. The Morgan fingerprint density at radius 2 is 1.80 bits per heavy atom. The van der Waals surface area contributed by atoms with Gasteiger partial charge in [-0.2, -0.15) is 4.31 Å². The summed E-state index contributed by atoms with van der Waals surface area (Å²) in [6.45, 7) is 0.373. The van der Waals surface area contributed by atoms with Gasteiger partial charge in [-0.3, -0.25) is 4.79 Å². The summed E-state index contributed by atoms with van der Waals surface area (Å²) in [6, 6.07) is 9.33. The minimum atomic E-state index is -3.88. The number of nitrogens with zero attached hydrogens (tertiary/aromatic N) is 1. The monoisotopic (exact) mass is 472 g/mol. The zero-order valence-electron chi connectivity index (χ0n) is 16.5. The van der Waals surface area contributed by atoms with Crippen LogP contribution in [0.4, 0.5) is 5.69 Å². The largest absolute Gasteiger partial charge is 0.497 e. The third-order valence-corrected chi connectivity index (χ3v) is 7.20. The van der Waals surface area contributed by atoms with Crippen LogP contribution in [0.5, 0.6) is 11.5 Å². The summed E-state index contributed by atoms with van der Waals surface area (Å²) in [7, 11) is -1.02. The van der Waals surface area contributed by atoms with Crippen molar-refractivity contribution in [3.8, 4) is 11.5 Å². The zero-order chi connectivity index (χ0) is 21.9. The second kappa shape index (κ2) is 9.43. The number of sulfonamides is 1. The van der Waals surface area contributed by atoms with Gasteiger partial charge in [-0.25, -0.2) is 8.42 Å². The lowest BCUT2D eigenvalue weighted by Crippen LogP contribution is -2.43. The molecule has 1 aliphatic heterocycles. The quantitative estimate of drug-likeness (QED) is 0.685. The molecule has 1 saturated heterocycles. The van der Waals surface area contributed by atoms with Crippen molar-refractivity contribution >= 4 is 44.8 Å². The molecule has 1 amide bonds. The van der Waals surface area contributed by atoms with Gasteiger partial charge in [-0.15, -0.1) is 0 Å². The number of hydrogen-bond donors (Lipinski definition) is 1. The number of carbonyl (C=O) groups is 1. The molecule has 1 aliphatic rings. The van der Waals surface area contributed by atoms with Crippen molar-refractivity contribution in [1.82, 2.24) is 4.31 Å². The maximum absolute atomic E-state index is 13.3. The number of amides is 1. The predicted molar refractivity (Wildman–Crippen MR) is 116 cm³/mol. The summed E-state index contributed by atoms with van der Waals surface area (Å²) in [6.07, 6.45) is 1.13. The molecule has 1 N–H and O–H groups in total. The van der Waals surface area contributed by atoms with Crippen LogP contribution in [0, 0.1) is 5.92 Å². The topological polar surface area (TPSA) is 84.9 Å². The molecule has 0 spiro atoms. The Balaban J connectivity index is 1.80. The molecule has 1 heterocycles. The molecule has 0 aliphatic carbocycles. The molecule has 0 aromatic heterocycles. The first-order valence-electron chi connectivity index (χ1n) is 9.23. The van der Waals surface area contributed by atoms with E-state index in [1.165, 1.54) is 24.6 Å².